The predicted molar refractivity (Wildman–Crippen MR) is 54.0 cm³/mol. The van der Waals surface area contributed by atoms with Crippen LogP contribution < -0.4 is 5.73 Å². The van der Waals surface area contributed by atoms with E-state index in [2.05, 4.69) is 13.0 Å². The highest BCUT2D eigenvalue weighted by atomic mass is 35.5. The van der Waals surface area contributed by atoms with E-state index in [9.17, 15) is 0 Å². The Morgan fingerprint density at radius 3 is 3.17 bits per heavy atom. The fourth-order valence-corrected chi connectivity index (χ4v) is 3.48. The van der Waals surface area contributed by atoms with Crippen molar-refractivity contribution in [1.29, 1.82) is 0 Å². The lowest BCUT2D eigenvalue weighted by Gasteiger charge is -2.12. The van der Waals surface area contributed by atoms with E-state index in [1.165, 1.54) is 10.4 Å². The van der Waals surface area contributed by atoms with E-state index >= 15 is 0 Å². The van der Waals surface area contributed by atoms with Crippen molar-refractivity contribution in [3.63, 3.8) is 0 Å². The molecule has 1 aliphatic carbocycles. The molecular weight excluding hydrogens is 190 g/mol. The van der Waals surface area contributed by atoms with E-state index in [0.29, 0.717) is 11.8 Å². The van der Waals surface area contributed by atoms with E-state index in [1.54, 1.807) is 11.3 Å². The molecule has 1 aliphatic rings. The average molecular weight is 202 g/mol. The minimum absolute atomic E-state index is 0.545. The summed E-state index contributed by atoms with van der Waals surface area (Å²) in [4.78, 5) is 1.45. The van der Waals surface area contributed by atoms with Crippen molar-refractivity contribution in [3.05, 3.63) is 20.8 Å². The average Bonchev–Trinajstić information content (AvgIpc) is 2.43. The summed E-state index contributed by atoms with van der Waals surface area (Å²) in [5.41, 5.74) is 7.11. The van der Waals surface area contributed by atoms with Gasteiger partial charge in [-0.1, -0.05) is 18.5 Å². The van der Waals surface area contributed by atoms with Gasteiger partial charge in [-0.05, 0) is 30.5 Å². The Labute approximate surface area is 81.5 Å². The third-order valence-electron chi connectivity index (χ3n) is 2.66. The number of nitrogens with two attached hydrogens (primary N) is 1. The lowest BCUT2D eigenvalue weighted by Crippen LogP contribution is -2.15. The zero-order valence-electron chi connectivity index (χ0n) is 7.01. The van der Waals surface area contributed by atoms with Gasteiger partial charge in [-0.15, -0.1) is 11.3 Å². The van der Waals surface area contributed by atoms with Crippen LogP contribution >= 0.6 is 22.9 Å². The van der Waals surface area contributed by atoms with Gasteiger partial charge in [0.05, 0.1) is 4.34 Å². The summed E-state index contributed by atoms with van der Waals surface area (Å²) in [6.07, 6.45) is 1.16. The minimum atomic E-state index is 0.545. The Kier molecular flexibility index (Phi) is 2.15. The molecule has 1 aromatic rings. The molecule has 3 heteroatoms. The maximum atomic E-state index is 5.93. The molecule has 0 bridgehead atoms. The second-order valence-electron chi connectivity index (χ2n) is 3.45. The van der Waals surface area contributed by atoms with E-state index < -0.39 is 0 Å². The van der Waals surface area contributed by atoms with Crippen molar-refractivity contribution >= 4 is 22.9 Å². The number of hydrogen-bond donors (Lipinski definition) is 1. The minimum Gasteiger partial charge on any atom is -0.330 e. The van der Waals surface area contributed by atoms with Gasteiger partial charge in [-0.25, -0.2) is 0 Å². The Hall–Kier alpha value is -0.0500. The van der Waals surface area contributed by atoms with Gasteiger partial charge in [0, 0.05) is 10.8 Å². The number of rotatable bonds is 1. The first-order valence-corrected chi connectivity index (χ1v) is 5.40. The topological polar surface area (TPSA) is 26.0 Å². The van der Waals surface area contributed by atoms with Crippen LogP contribution in [0.3, 0.4) is 0 Å². The maximum absolute atomic E-state index is 5.93. The number of hydrogen-bond acceptors (Lipinski definition) is 2. The van der Waals surface area contributed by atoms with Crippen molar-refractivity contribution < 1.29 is 0 Å². The summed E-state index contributed by atoms with van der Waals surface area (Å²) in [7, 11) is 0. The highest BCUT2D eigenvalue weighted by molar-refractivity contribution is 7.16. The highest BCUT2D eigenvalue weighted by Gasteiger charge is 2.30. The molecule has 0 fully saturated rings. The van der Waals surface area contributed by atoms with Gasteiger partial charge in [0.1, 0.15) is 0 Å². The van der Waals surface area contributed by atoms with Gasteiger partial charge in [-0.3, -0.25) is 0 Å². The smallest absolute Gasteiger partial charge is 0.0934 e. The van der Waals surface area contributed by atoms with Gasteiger partial charge in [0.25, 0.3) is 0 Å². The largest absolute Gasteiger partial charge is 0.330 e. The number of fused-ring (bicyclic) bond motifs is 1. The molecule has 0 spiro atoms. The van der Waals surface area contributed by atoms with Gasteiger partial charge in [-0.2, -0.15) is 0 Å². The van der Waals surface area contributed by atoms with Crippen molar-refractivity contribution in [1.82, 2.24) is 0 Å². The van der Waals surface area contributed by atoms with Crippen LogP contribution in [0, 0.1) is 5.92 Å². The van der Waals surface area contributed by atoms with Crippen LogP contribution in [-0.2, 0) is 6.42 Å². The van der Waals surface area contributed by atoms with Crippen LogP contribution in [0.1, 0.15) is 23.3 Å². The molecule has 1 heterocycles. The van der Waals surface area contributed by atoms with Crippen molar-refractivity contribution in [3.8, 4) is 0 Å². The summed E-state index contributed by atoms with van der Waals surface area (Å²) in [5.74, 6) is 1.25. The SMILES string of the molecule is CC1Cc2sc(Cl)cc2C1CN. The first kappa shape index (κ1) is 8.54. The van der Waals surface area contributed by atoms with E-state index in [0.717, 1.165) is 17.3 Å². The summed E-state index contributed by atoms with van der Waals surface area (Å²) in [6, 6.07) is 2.09. The molecule has 66 valence electrons. The molecule has 1 nitrogen and oxygen atoms in total. The van der Waals surface area contributed by atoms with Gasteiger partial charge < -0.3 is 5.73 Å². The zero-order chi connectivity index (χ0) is 8.72. The molecule has 0 saturated heterocycles. The van der Waals surface area contributed by atoms with Crippen molar-refractivity contribution in [2.24, 2.45) is 11.7 Å². The summed E-state index contributed by atoms with van der Waals surface area (Å²) in [6.45, 7) is 3.01. The molecule has 0 aliphatic heterocycles. The summed E-state index contributed by atoms with van der Waals surface area (Å²) in [5, 5.41) is 0. The molecular formula is C9H12ClNS. The normalized spacial score (nSPS) is 27.6. The van der Waals surface area contributed by atoms with E-state index in [1.807, 2.05) is 0 Å². The van der Waals surface area contributed by atoms with Crippen molar-refractivity contribution in [2.75, 3.05) is 6.54 Å². The van der Waals surface area contributed by atoms with Crippen LogP contribution in [0.4, 0.5) is 0 Å². The Balaban J connectivity index is 2.38. The fraction of sp³-hybridized carbons (Fsp3) is 0.556. The molecule has 0 radical (unpaired) electrons. The fourth-order valence-electron chi connectivity index (χ4n) is 1.98. The molecule has 12 heavy (non-hydrogen) atoms. The number of halogens is 1. The molecule has 2 atom stereocenters. The highest BCUT2D eigenvalue weighted by Crippen LogP contribution is 2.43. The van der Waals surface area contributed by atoms with Gasteiger partial charge >= 0.3 is 0 Å². The number of thiophene rings is 1. The molecule has 2 N–H and O–H groups in total. The van der Waals surface area contributed by atoms with Crippen molar-refractivity contribution in [2.45, 2.75) is 19.3 Å². The standard InChI is InChI=1S/C9H12ClNS/c1-5-2-8-6(7(5)4-11)3-9(10)12-8/h3,5,7H,2,4,11H2,1H3. The molecule has 2 unspecified atom stereocenters. The second-order valence-corrected chi connectivity index (χ2v) is 5.22. The quantitative estimate of drug-likeness (QED) is 0.743. The molecule has 0 saturated carbocycles. The Morgan fingerprint density at radius 1 is 1.75 bits per heavy atom. The molecule has 2 rings (SSSR count). The van der Waals surface area contributed by atoms with E-state index in [-0.39, 0.29) is 0 Å². The first-order chi connectivity index (χ1) is 5.72. The third-order valence-corrected chi connectivity index (χ3v) is 3.96. The lowest BCUT2D eigenvalue weighted by atomic mass is 9.95. The summed E-state index contributed by atoms with van der Waals surface area (Å²) >= 11 is 7.64. The predicted octanol–water partition coefficient (Wildman–Crippen LogP) is 2.64. The summed E-state index contributed by atoms with van der Waals surface area (Å²) < 4.78 is 0.908. The maximum Gasteiger partial charge on any atom is 0.0934 e. The first-order valence-electron chi connectivity index (χ1n) is 4.20. The Bertz CT molecular complexity index is 295. The Morgan fingerprint density at radius 2 is 2.50 bits per heavy atom. The molecule has 1 aromatic heterocycles. The van der Waals surface area contributed by atoms with Crippen LogP contribution in [0.25, 0.3) is 0 Å². The van der Waals surface area contributed by atoms with Gasteiger partial charge in [0.2, 0.25) is 0 Å². The van der Waals surface area contributed by atoms with Crippen LogP contribution in [0.2, 0.25) is 4.34 Å². The lowest BCUT2D eigenvalue weighted by molar-refractivity contribution is 0.506. The van der Waals surface area contributed by atoms with E-state index in [4.69, 9.17) is 17.3 Å². The zero-order valence-corrected chi connectivity index (χ0v) is 8.58. The third kappa shape index (κ3) is 1.18. The van der Waals surface area contributed by atoms with Crippen LogP contribution in [0.15, 0.2) is 6.07 Å². The monoisotopic (exact) mass is 201 g/mol. The van der Waals surface area contributed by atoms with Gasteiger partial charge in [0.15, 0.2) is 0 Å². The second kappa shape index (κ2) is 3.02. The van der Waals surface area contributed by atoms with Crippen LogP contribution in [0.5, 0.6) is 0 Å². The molecule has 0 aromatic carbocycles. The van der Waals surface area contributed by atoms with Crippen LogP contribution in [-0.4, -0.2) is 6.54 Å². The molecule has 0 amide bonds.